The lowest BCUT2D eigenvalue weighted by Crippen LogP contribution is -2.30. The van der Waals surface area contributed by atoms with Gasteiger partial charge in [-0.3, -0.25) is 0 Å². The van der Waals surface area contributed by atoms with Crippen LogP contribution in [0.25, 0.3) is 0 Å². The first-order valence-electron chi connectivity index (χ1n) is 6.45. The van der Waals surface area contributed by atoms with E-state index in [1.54, 1.807) is 11.3 Å². The van der Waals surface area contributed by atoms with Crippen LogP contribution < -0.4 is 5.32 Å². The van der Waals surface area contributed by atoms with Gasteiger partial charge in [-0.05, 0) is 35.1 Å². The van der Waals surface area contributed by atoms with Gasteiger partial charge < -0.3 is 5.32 Å². The Morgan fingerprint density at radius 2 is 2.32 bits per heavy atom. The summed E-state index contributed by atoms with van der Waals surface area (Å²) >= 11 is 7.78. The lowest BCUT2D eigenvalue weighted by Gasteiger charge is -2.28. The van der Waals surface area contributed by atoms with Gasteiger partial charge in [0.15, 0.2) is 0 Å². The summed E-state index contributed by atoms with van der Waals surface area (Å²) in [5, 5.41) is 6.55. The smallest absolute Gasteiger partial charge is 0.0795 e. The highest BCUT2D eigenvalue weighted by Crippen LogP contribution is 2.45. The van der Waals surface area contributed by atoms with Crippen molar-refractivity contribution in [2.45, 2.75) is 32.9 Å². The molecule has 100 valence electrons. The van der Waals surface area contributed by atoms with Crippen LogP contribution in [-0.2, 0) is 13.0 Å². The molecule has 0 amide bonds. The molecule has 0 fully saturated rings. The third-order valence-electron chi connectivity index (χ3n) is 3.82. The Kier molecular flexibility index (Phi) is 3.37. The second-order valence-electron chi connectivity index (χ2n) is 5.80. The van der Waals surface area contributed by atoms with Crippen molar-refractivity contribution < 1.29 is 0 Å². The van der Waals surface area contributed by atoms with Gasteiger partial charge in [-0.2, -0.15) is 0 Å². The number of halogens is 1. The van der Waals surface area contributed by atoms with Crippen molar-refractivity contribution >= 4 is 22.9 Å². The minimum Gasteiger partial charge on any atom is -0.304 e. The zero-order valence-electron chi connectivity index (χ0n) is 11.1. The van der Waals surface area contributed by atoms with Crippen LogP contribution in [0.4, 0.5) is 0 Å². The molecule has 1 N–H and O–H groups in total. The molecule has 1 unspecified atom stereocenters. The molecule has 0 saturated carbocycles. The van der Waals surface area contributed by atoms with Gasteiger partial charge in [0, 0.05) is 23.0 Å². The molecule has 1 atom stereocenters. The van der Waals surface area contributed by atoms with Crippen LogP contribution in [0.2, 0.25) is 5.02 Å². The summed E-state index contributed by atoms with van der Waals surface area (Å²) in [6.07, 6.45) is 1.09. The third kappa shape index (κ3) is 2.55. The highest BCUT2D eigenvalue weighted by Gasteiger charge is 2.38. The van der Waals surface area contributed by atoms with Crippen LogP contribution in [-0.4, -0.2) is 4.98 Å². The maximum absolute atomic E-state index is 6.14. The molecule has 19 heavy (non-hydrogen) atoms. The molecule has 0 radical (unpaired) electrons. The van der Waals surface area contributed by atoms with Gasteiger partial charge in [0.05, 0.1) is 11.2 Å². The molecule has 1 heterocycles. The molecule has 0 saturated heterocycles. The monoisotopic (exact) mass is 292 g/mol. The standard InChI is InChI=1S/C15H17ClN2S/c1-15(2)6-10-3-4-11(16)5-13(10)14(15)17-7-12-8-19-9-18-12/h3-5,8-9,14,17H,6-7H2,1-2H3. The van der Waals surface area contributed by atoms with E-state index >= 15 is 0 Å². The zero-order chi connectivity index (χ0) is 13.5. The number of hydrogen-bond donors (Lipinski definition) is 1. The van der Waals surface area contributed by atoms with E-state index < -0.39 is 0 Å². The first kappa shape index (κ1) is 13.1. The fourth-order valence-electron chi connectivity index (χ4n) is 2.93. The molecule has 0 spiro atoms. The summed E-state index contributed by atoms with van der Waals surface area (Å²) in [6, 6.07) is 6.58. The summed E-state index contributed by atoms with van der Waals surface area (Å²) < 4.78 is 0. The van der Waals surface area contributed by atoms with Crippen LogP contribution in [0.15, 0.2) is 29.1 Å². The van der Waals surface area contributed by atoms with Crippen molar-refractivity contribution in [3.63, 3.8) is 0 Å². The number of nitrogens with one attached hydrogen (secondary N) is 1. The van der Waals surface area contributed by atoms with Crippen molar-refractivity contribution in [3.8, 4) is 0 Å². The van der Waals surface area contributed by atoms with E-state index in [0.29, 0.717) is 6.04 Å². The van der Waals surface area contributed by atoms with E-state index in [1.165, 1.54) is 11.1 Å². The van der Waals surface area contributed by atoms with Gasteiger partial charge in [0.2, 0.25) is 0 Å². The summed E-state index contributed by atoms with van der Waals surface area (Å²) in [6.45, 7) is 5.42. The van der Waals surface area contributed by atoms with Gasteiger partial charge in [-0.15, -0.1) is 11.3 Å². The Labute approximate surface area is 122 Å². The van der Waals surface area contributed by atoms with Crippen molar-refractivity contribution in [1.29, 1.82) is 0 Å². The maximum atomic E-state index is 6.14. The van der Waals surface area contributed by atoms with Crippen molar-refractivity contribution in [2.24, 2.45) is 5.41 Å². The van der Waals surface area contributed by atoms with Crippen molar-refractivity contribution in [1.82, 2.24) is 10.3 Å². The summed E-state index contributed by atoms with van der Waals surface area (Å²) in [5.74, 6) is 0. The highest BCUT2D eigenvalue weighted by atomic mass is 35.5. The number of fused-ring (bicyclic) bond motifs is 1. The molecule has 4 heteroatoms. The summed E-state index contributed by atoms with van der Waals surface area (Å²) in [4.78, 5) is 4.33. The number of hydrogen-bond acceptors (Lipinski definition) is 3. The van der Waals surface area contributed by atoms with E-state index in [1.807, 2.05) is 11.6 Å². The SMILES string of the molecule is CC1(C)Cc2ccc(Cl)cc2C1NCc1cscn1. The molecule has 0 aliphatic heterocycles. The van der Waals surface area contributed by atoms with Crippen LogP contribution in [0.3, 0.4) is 0 Å². The predicted octanol–water partition coefficient (Wildman–Crippen LogP) is 4.21. The molecular weight excluding hydrogens is 276 g/mol. The normalized spacial score (nSPS) is 20.5. The Hall–Kier alpha value is -0.900. The summed E-state index contributed by atoms with van der Waals surface area (Å²) in [7, 11) is 0. The average Bonchev–Trinajstić information content (AvgIpc) is 2.92. The molecule has 1 aromatic carbocycles. The molecule has 2 nitrogen and oxygen atoms in total. The van der Waals surface area contributed by atoms with E-state index in [2.05, 4.69) is 41.7 Å². The van der Waals surface area contributed by atoms with E-state index in [-0.39, 0.29) is 5.41 Å². The van der Waals surface area contributed by atoms with E-state index in [0.717, 1.165) is 23.7 Å². The van der Waals surface area contributed by atoms with Crippen molar-refractivity contribution in [3.05, 3.63) is 50.9 Å². The molecular formula is C15H17ClN2S. The second-order valence-corrected chi connectivity index (χ2v) is 6.96. The number of nitrogens with zero attached hydrogens (tertiary/aromatic N) is 1. The maximum Gasteiger partial charge on any atom is 0.0795 e. The van der Waals surface area contributed by atoms with Crippen LogP contribution in [0, 0.1) is 5.41 Å². The average molecular weight is 293 g/mol. The van der Waals surface area contributed by atoms with Gasteiger partial charge >= 0.3 is 0 Å². The number of rotatable bonds is 3. The molecule has 3 rings (SSSR count). The number of aromatic nitrogens is 1. The predicted molar refractivity (Wildman–Crippen MR) is 80.6 cm³/mol. The van der Waals surface area contributed by atoms with Gasteiger partial charge in [0.25, 0.3) is 0 Å². The number of benzene rings is 1. The largest absolute Gasteiger partial charge is 0.304 e. The summed E-state index contributed by atoms with van der Waals surface area (Å²) in [5.41, 5.74) is 5.94. The quantitative estimate of drug-likeness (QED) is 0.916. The number of thiazole rings is 1. The van der Waals surface area contributed by atoms with Gasteiger partial charge in [-0.1, -0.05) is 31.5 Å². The zero-order valence-corrected chi connectivity index (χ0v) is 12.7. The molecule has 0 bridgehead atoms. The van der Waals surface area contributed by atoms with Crippen molar-refractivity contribution in [2.75, 3.05) is 0 Å². The first-order valence-corrected chi connectivity index (χ1v) is 7.77. The van der Waals surface area contributed by atoms with Gasteiger partial charge in [0.1, 0.15) is 0 Å². The Morgan fingerprint density at radius 1 is 1.47 bits per heavy atom. The molecule has 1 aliphatic carbocycles. The highest BCUT2D eigenvalue weighted by molar-refractivity contribution is 7.07. The molecule has 1 aliphatic rings. The Morgan fingerprint density at radius 3 is 3.05 bits per heavy atom. The van der Waals surface area contributed by atoms with Gasteiger partial charge in [-0.25, -0.2) is 4.98 Å². The van der Waals surface area contributed by atoms with Crippen LogP contribution in [0.1, 0.15) is 36.7 Å². The molecule has 1 aromatic heterocycles. The lowest BCUT2D eigenvalue weighted by atomic mass is 9.85. The first-order chi connectivity index (χ1) is 9.06. The second kappa shape index (κ2) is 4.89. The Balaban J connectivity index is 1.85. The van der Waals surface area contributed by atoms with E-state index in [4.69, 9.17) is 11.6 Å². The minimum absolute atomic E-state index is 0.211. The minimum atomic E-state index is 0.211. The Bertz CT molecular complexity index is 578. The fourth-order valence-corrected chi connectivity index (χ4v) is 3.67. The molecule has 2 aromatic rings. The third-order valence-corrected chi connectivity index (χ3v) is 4.69. The topological polar surface area (TPSA) is 24.9 Å². The fraction of sp³-hybridized carbons (Fsp3) is 0.400. The van der Waals surface area contributed by atoms with E-state index in [9.17, 15) is 0 Å². The van der Waals surface area contributed by atoms with Crippen LogP contribution >= 0.6 is 22.9 Å². The lowest BCUT2D eigenvalue weighted by molar-refractivity contribution is 0.267. The van der Waals surface area contributed by atoms with Crippen LogP contribution in [0.5, 0.6) is 0 Å².